The van der Waals surface area contributed by atoms with E-state index < -0.39 is 10.0 Å². The van der Waals surface area contributed by atoms with Crippen molar-refractivity contribution in [2.24, 2.45) is 0 Å². The molecule has 0 spiro atoms. The molecule has 28 heavy (non-hydrogen) atoms. The van der Waals surface area contributed by atoms with Crippen LogP contribution in [-0.4, -0.2) is 24.5 Å². The maximum absolute atomic E-state index is 13.7. The van der Waals surface area contributed by atoms with Crippen LogP contribution in [0, 0.1) is 0 Å². The van der Waals surface area contributed by atoms with Crippen LogP contribution in [0.5, 0.6) is 5.75 Å². The van der Waals surface area contributed by atoms with Crippen LogP contribution in [0.3, 0.4) is 0 Å². The fraction of sp³-hybridized carbons (Fsp3) is 0.0952. The number of aromatic nitrogens is 2. The van der Waals surface area contributed by atoms with Gasteiger partial charge in [-0.3, -0.25) is 0 Å². The summed E-state index contributed by atoms with van der Waals surface area (Å²) in [6.07, 6.45) is 0.394. The summed E-state index contributed by atoms with van der Waals surface area (Å²) in [5, 5.41) is 0. The number of imidazole rings is 1. The highest BCUT2D eigenvalue weighted by molar-refractivity contribution is 9.10. The molecule has 0 aliphatic heterocycles. The summed E-state index contributed by atoms with van der Waals surface area (Å²) in [6, 6.07) is 21.8. The lowest BCUT2D eigenvalue weighted by atomic mass is 10.1. The second-order valence-electron chi connectivity index (χ2n) is 6.24. The molecule has 0 aliphatic rings. The van der Waals surface area contributed by atoms with E-state index in [9.17, 15) is 8.42 Å². The zero-order valence-corrected chi connectivity index (χ0v) is 17.4. The average Bonchev–Trinajstić information content (AvgIpc) is 3.07. The molecule has 4 rings (SSSR count). The minimum Gasteiger partial charge on any atom is -0.495 e. The van der Waals surface area contributed by atoms with Gasteiger partial charge in [0.25, 0.3) is 10.0 Å². The van der Waals surface area contributed by atoms with Crippen molar-refractivity contribution < 1.29 is 13.2 Å². The van der Waals surface area contributed by atoms with Crippen LogP contribution in [0.15, 0.2) is 82.2 Å². The molecular weight excluding hydrogens is 440 g/mol. The maximum atomic E-state index is 13.7. The van der Waals surface area contributed by atoms with Gasteiger partial charge in [-0.1, -0.05) is 58.4 Å². The third-order valence-corrected chi connectivity index (χ3v) is 6.69. The van der Waals surface area contributed by atoms with Crippen molar-refractivity contribution in [2.45, 2.75) is 11.3 Å². The van der Waals surface area contributed by atoms with Crippen LogP contribution in [0.4, 0.5) is 0 Å². The first-order chi connectivity index (χ1) is 13.5. The Morgan fingerprint density at radius 3 is 2.46 bits per heavy atom. The van der Waals surface area contributed by atoms with Gasteiger partial charge < -0.3 is 4.74 Å². The molecule has 0 atom stereocenters. The highest BCUT2D eigenvalue weighted by Gasteiger charge is 2.27. The lowest BCUT2D eigenvalue weighted by molar-refractivity contribution is 0.402. The number of nitrogens with zero attached hydrogens (tertiary/aromatic N) is 2. The molecule has 0 amide bonds. The van der Waals surface area contributed by atoms with Gasteiger partial charge in [0.1, 0.15) is 16.5 Å². The Bertz CT molecular complexity index is 1250. The van der Waals surface area contributed by atoms with Crippen molar-refractivity contribution in [3.05, 3.63) is 88.7 Å². The number of halogens is 1. The van der Waals surface area contributed by atoms with Gasteiger partial charge in [-0.05, 0) is 35.9 Å². The molecule has 0 bridgehead atoms. The average molecular weight is 457 g/mol. The molecule has 142 valence electrons. The highest BCUT2D eigenvalue weighted by atomic mass is 79.9. The topological polar surface area (TPSA) is 61.2 Å². The Labute approximate surface area is 171 Å². The third kappa shape index (κ3) is 3.31. The molecule has 1 heterocycles. The third-order valence-electron chi connectivity index (χ3n) is 4.43. The molecule has 1 aromatic heterocycles. The molecule has 7 heteroatoms. The number of rotatable bonds is 5. The predicted octanol–water partition coefficient (Wildman–Crippen LogP) is 4.64. The number of ether oxygens (including phenoxy) is 1. The first kappa shape index (κ1) is 18.7. The van der Waals surface area contributed by atoms with E-state index in [1.165, 1.54) is 11.1 Å². The van der Waals surface area contributed by atoms with Crippen molar-refractivity contribution in [1.29, 1.82) is 0 Å². The second kappa shape index (κ2) is 7.41. The smallest absolute Gasteiger partial charge is 0.273 e. The van der Waals surface area contributed by atoms with Crippen LogP contribution < -0.4 is 4.74 Å². The predicted molar refractivity (Wildman–Crippen MR) is 112 cm³/mol. The van der Waals surface area contributed by atoms with Gasteiger partial charge in [0.2, 0.25) is 0 Å². The number of benzene rings is 3. The largest absolute Gasteiger partial charge is 0.495 e. The zero-order chi connectivity index (χ0) is 19.7. The second-order valence-corrected chi connectivity index (χ2v) is 8.91. The molecule has 0 fully saturated rings. The lowest BCUT2D eigenvalue weighted by Crippen LogP contribution is -2.17. The van der Waals surface area contributed by atoms with Gasteiger partial charge in [0, 0.05) is 10.9 Å². The van der Waals surface area contributed by atoms with Crippen molar-refractivity contribution >= 4 is 37.0 Å². The molecule has 4 aromatic rings. The van der Waals surface area contributed by atoms with E-state index in [0.29, 0.717) is 27.8 Å². The minimum atomic E-state index is -3.94. The van der Waals surface area contributed by atoms with Crippen molar-refractivity contribution in [3.63, 3.8) is 0 Å². The number of methoxy groups -OCH3 is 1. The van der Waals surface area contributed by atoms with Crippen LogP contribution in [0.25, 0.3) is 11.0 Å². The van der Waals surface area contributed by atoms with Crippen LogP contribution in [0.1, 0.15) is 11.4 Å². The molecular formula is C21H17BrN2O3S. The monoisotopic (exact) mass is 456 g/mol. The van der Waals surface area contributed by atoms with Gasteiger partial charge in [-0.25, -0.2) is 17.4 Å². The number of hydrogen-bond acceptors (Lipinski definition) is 4. The fourth-order valence-corrected chi connectivity index (χ4v) is 5.35. The summed E-state index contributed by atoms with van der Waals surface area (Å²) < 4.78 is 34.6. The zero-order valence-electron chi connectivity index (χ0n) is 15.0. The summed E-state index contributed by atoms with van der Waals surface area (Å²) in [7, 11) is -2.48. The van der Waals surface area contributed by atoms with Crippen molar-refractivity contribution in [1.82, 2.24) is 8.96 Å². The van der Waals surface area contributed by atoms with E-state index in [1.54, 1.807) is 30.3 Å². The van der Waals surface area contributed by atoms with E-state index in [1.807, 2.05) is 42.5 Å². The van der Waals surface area contributed by atoms with Gasteiger partial charge in [0.05, 0.1) is 18.1 Å². The molecule has 0 radical (unpaired) electrons. The lowest BCUT2D eigenvalue weighted by Gasteiger charge is -2.14. The number of hydrogen-bond donors (Lipinski definition) is 0. The molecule has 0 saturated heterocycles. The minimum absolute atomic E-state index is 0.0850. The molecule has 0 saturated carbocycles. The summed E-state index contributed by atoms with van der Waals surface area (Å²) in [5.41, 5.74) is 2.15. The summed E-state index contributed by atoms with van der Waals surface area (Å²) in [6.45, 7) is 0. The van der Waals surface area contributed by atoms with E-state index in [2.05, 4.69) is 20.9 Å². The van der Waals surface area contributed by atoms with Crippen LogP contribution in [-0.2, 0) is 16.4 Å². The standard InChI is InChI=1S/C21H17BrN2O3S/c1-27-19-12-11-16(22)14-20(19)28(25,26)24-18-10-6-5-9-17(18)23-21(24)13-15-7-3-2-4-8-15/h2-12,14H,13H2,1H3. The molecule has 5 nitrogen and oxygen atoms in total. The van der Waals surface area contributed by atoms with Gasteiger partial charge in [-0.15, -0.1) is 0 Å². The quantitative estimate of drug-likeness (QED) is 0.438. The van der Waals surface area contributed by atoms with Crippen LogP contribution >= 0.6 is 15.9 Å². The maximum Gasteiger partial charge on any atom is 0.273 e. The van der Waals surface area contributed by atoms with E-state index >= 15 is 0 Å². The van der Waals surface area contributed by atoms with Gasteiger partial charge in [0.15, 0.2) is 0 Å². The molecule has 0 unspecified atom stereocenters. The Balaban J connectivity index is 1.97. The van der Waals surface area contributed by atoms with E-state index in [-0.39, 0.29) is 10.6 Å². The SMILES string of the molecule is COc1ccc(Br)cc1S(=O)(=O)n1c(Cc2ccccc2)nc2ccccc21. The number of para-hydroxylation sites is 2. The summed E-state index contributed by atoms with van der Waals surface area (Å²) in [4.78, 5) is 4.69. The Hall–Kier alpha value is -2.64. The Kier molecular flexibility index (Phi) is 4.95. The van der Waals surface area contributed by atoms with Crippen molar-refractivity contribution in [3.8, 4) is 5.75 Å². The highest BCUT2D eigenvalue weighted by Crippen LogP contribution is 2.32. The van der Waals surface area contributed by atoms with Gasteiger partial charge in [-0.2, -0.15) is 0 Å². The molecule has 3 aromatic carbocycles. The first-order valence-corrected chi connectivity index (χ1v) is 10.8. The van der Waals surface area contributed by atoms with Crippen LogP contribution in [0.2, 0.25) is 0 Å². The summed E-state index contributed by atoms with van der Waals surface area (Å²) >= 11 is 3.36. The fourth-order valence-electron chi connectivity index (χ4n) is 3.16. The first-order valence-electron chi connectivity index (χ1n) is 8.60. The molecule has 0 aliphatic carbocycles. The van der Waals surface area contributed by atoms with E-state index in [0.717, 1.165) is 5.56 Å². The summed E-state index contributed by atoms with van der Waals surface area (Å²) in [5.74, 6) is 0.737. The number of fused-ring (bicyclic) bond motifs is 1. The Morgan fingerprint density at radius 1 is 1.00 bits per heavy atom. The molecule has 0 N–H and O–H groups in total. The normalized spacial score (nSPS) is 11.6. The Morgan fingerprint density at radius 2 is 1.71 bits per heavy atom. The van der Waals surface area contributed by atoms with Gasteiger partial charge >= 0.3 is 0 Å². The van der Waals surface area contributed by atoms with E-state index in [4.69, 9.17) is 4.74 Å². The van der Waals surface area contributed by atoms with Crippen molar-refractivity contribution in [2.75, 3.05) is 7.11 Å².